The smallest absolute Gasteiger partial charge is 0.126 e. The first kappa shape index (κ1) is 13.4. The molecule has 1 aliphatic rings. The Bertz CT molecular complexity index is 385. The normalized spacial score (nSPS) is 17.8. The summed E-state index contributed by atoms with van der Waals surface area (Å²) in [6.07, 6.45) is 4.52. The zero-order valence-corrected chi connectivity index (χ0v) is 10.7. The highest BCUT2D eigenvalue weighted by Gasteiger charge is 2.22. The predicted molar refractivity (Wildman–Crippen MR) is 68.2 cm³/mol. The fraction of sp³-hybridized carbons (Fsp3) is 0.571. The van der Waals surface area contributed by atoms with Gasteiger partial charge >= 0.3 is 0 Å². The Morgan fingerprint density at radius 2 is 1.89 bits per heavy atom. The van der Waals surface area contributed by atoms with Gasteiger partial charge in [-0.25, -0.2) is 8.78 Å². The molecule has 0 aromatic heterocycles. The maximum absolute atomic E-state index is 13.1. The van der Waals surface area contributed by atoms with Crippen LogP contribution in [0.4, 0.5) is 8.78 Å². The molecule has 4 heteroatoms. The van der Waals surface area contributed by atoms with E-state index in [0.29, 0.717) is 11.6 Å². The van der Waals surface area contributed by atoms with Gasteiger partial charge < -0.3 is 10.6 Å². The van der Waals surface area contributed by atoms with Gasteiger partial charge in [0.2, 0.25) is 0 Å². The monoisotopic (exact) mass is 254 g/mol. The quantitative estimate of drug-likeness (QED) is 0.875. The SMILES string of the molecule is CN(CCC(N)c1cc(F)cc(F)c1)C1CCC1. The lowest BCUT2D eigenvalue weighted by Gasteiger charge is -2.35. The van der Waals surface area contributed by atoms with E-state index in [-0.39, 0.29) is 6.04 Å². The van der Waals surface area contributed by atoms with Gasteiger partial charge in [0, 0.05) is 18.2 Å². The minimum absolute atomic E-state index is 0.308. The molecule has 100 valence electrons. The minimum Gasteiger partial charge on any atom is -0.324 e. The van der Waals surface area contributed by atoms with Crippen LogP contribution in [0, 0.1) is 11.6 Å². The molecule has 0 amide bonds. The largest absolute Gasteiger partial charge is 0.324 e. The van der Waals surface area contributed by atoms with E-state index < -0.39 is 11.6 Å². The highest BCUT2D eigenvalue weighted by Crippen LogP contribution is 2.25. The molecule has 0 radical (unpaired) electrons. The molecule has 0 bridgehead atoms. The highest BCUT2D eigenvalue weighted by molar-refractivity contribution is 5.21. The molecule has 2 nitrogen and oxygen atoms in total. The Morgan fingerprint density at radius 1 is 1.28 bits per heavy atom. The molecule has 1 saturated carbocycles. The zero-order valence-electron chi connectivity index (χ0n) is 10.7. The summed E-state index contributed by atoms with van der Waals surface area (Å²) >= 11 is 0. The van der Waals surface area contributed by atoms with Crippen molar-refractivity contribution in [2.24, 2.45) is 5.73 Å². The summed E-state index contributed by atoms with van der Waals surface area (Å²) in [5, 5.41) is 0. The van der Waals surface area contributed by atoms with Crippen LogP contribution in [0.15, 0.2) is 18.2 Å². The summed E-state index contributed by atoms with van der Waals surface area (Å²) in [6, 6.07) is 3.87. The number of hydrogen-bond donors (Lipinski definition) is 1. The fourth-order valence-electron chi connectivity index (χ4n) is 2.31. The number of benzene rings is 1. The molecule has 0 aliphatic heterocycles. The second kappa shape index (κ2) is 5.76. The number of nitrogens with zero attached hydrogens (tertiary/aromatic N) is 1. The van der Waals surface area contributed by atoms with Crippen LogP contribution < -0.4 is 5.73 Å². The van der Waals surface area contributed by atoms with Crippen molar-refractivity contribution < 1.29 is 8.78 Å². The molecule has 0 heterocycles. The van der Waals surface area contributed by atoms with Crippen LogP contribution in [0.25, 0.3) is 0 Å². The van der Waals surface area contributed by atoms with Crippen LogP contribution in [0.2, 0.25) is 0 Å². The second-order valence-corrected chi connectivity index (χ2v) is 5.16. The van der Waals surface area contributed by atoms with Crippen molar-refractivity contribution in [2.75, 3.05) is 13.6 Å². The molecule has 0 saturated heterocycles. The summed E-state index contributed by atoms with van der Waals surface area (Å²) in [6.45, 7) is 0.865. The van der Waals surface area contributed by atoms with Gasteiger partial charge in [-0.15, -0.1) is 0 Å². The van der Waals surface area contributed by atoms with Crippen LogP contribution in [0.5, 0.6) is 0 Å². The first-order valence-corrected chi connectivity index (χ1v) is 6.48. The van der Waals surface area contributed by atoms with E-state index in [0.717, 1.165) is 19.0 Å². The summed E-state index contributed by atoms with van der Waals surface area (Å²) in [7, 11) is 2.09. The Labute approximate surface area is 107 Å². The van der Waals surface area contributed by atoms with Gasteiger partial charge in [0.1, 0.15) is 11.6 Å². The topological polar surface area (TPSA) is 29.3 Å². The van der Waals surface area contributed by atoms with Crippen LogP contribution in [-0.2, 0) is 0 Å². The van der Waals surface area contributed by atoms with Gasteiger partial charge in [-0.2, -0.15) is 0 Å². The predicted octanol–water partition coefficient (Wildman–Crippen LogP) is 2.84. The number of nitrogens with two attached hydrogens (primary N) is 1. The standard InChI is InChI=1S/C14H20F2N2/c1-18(13-3-2-4-13)6-5-14(17)10-7-11(15)9-12(16)8-10/h7-9,13-14H,2-6,17H2,1H3. The van der Waals surface area contributed by atoms with Crippen LogP contribution in [0.1, 0.15) is 37.3 Å². The van der Waals surface area contributed by atoms with Crippen LogP contribution in [0.3, 0.4) is 0 Å². The molecular formula is C14H20F2N2. The van der Waals surface area contributed by atoms with Crippen molar-refractivity contribution in [3.63, 3.8) is 0 Å². The third kappa shape index (κ3) is 3.27. The van der Waals surface area contributed by atoms with Gasteiger partial charge in [-0.3, -0.25) is 0 Å². The maximum Gasteiger partial charge on any atom is 0.126 e. The van der Waals surface area contributed by atoms with Gasteiger partial charge in [-0.05, 0) is 50.6 Å². The van der Waals surface area contributed by atoms with E-state index >= 15 is 0 Å². The molecule has 1 atom stereocenters. The fourth-order valence-corrected chi connectivity index (χ4v) is 2.31. The zero-order chi connectivity index (χ0) is 13.1. The van der Waals surface area contributed by atoms with Crippen molar-refractivity contribution in [1.82, 2.24) is 4.90 Å². The Balaban J connectivity index is 1.88. The van der Waals surface area contributed by atoms with E-state index in [9.17, 15) is 8.78 Å². The molecule has 1 fully saturated rings. The van der Waals surface area contributed by atoms with Gasteiger partial charge in [0.15, 0.2) is 0 Å². The molecule has 1 aliphatic carbocycles. The van der Waals surface area contributed by atoms with Crippen molar-refractivity contribution in [3.05, 3.63) is 35.4 Å². The lowest BCUT2D eigenvalue weighted by Crippen LogP contribution is -2.38. The number of rotatable bonds is 5. The van der Waals surface area contributed by atoms with Crippen molar-refractivity contribution >= 4 is 0 Å². The lowest BCUT2D eigenvalue weighted by molar-refractivity contribution is 0.155. The Hall–Kier alpha value is -1.00. The lowest BCUT2D eigenvalue weighted by atomic mass is 9.91. The van der Waals surface area contributed by atoms with Crippen molar-refractivity contribution in [3.8, 4) is 0 Å². The third-order valence-electron chi connectivity index (χ3n) is 3.80. The van der Waals surface area contributed by atoms with E-state index in [1.807, 2.05) is 0 Å². The summed E-state index contributed by atoms with van der Waals surface area (Å²) in [4.78, 5) is 2.29. The Morgan fingerprint density at radius 3 is 2.39 bits per heavy atom. The first-order valence-electron chi connectivity index (χ1n) is 6.48. The average molecular weight is 254 g/mol. The van der Waals surface area contributed by atoms with Crippen molar-refractivity contribution in [2.45, 2.75) is 37.8 Å². The minimum atomic E-state index is -0.562. The molecule has 1 aromatic carbocycles. The second-order valence-electron chi connectivity index (χ2n) is 5.16. The first-order chi connectivity index (χ1) is 8.56. The van der Waals surface area contributed by atoms with E-state index in [1.54, 1.807) is 0 Å². The van der Waals surface area contributed by atoms with Gasteiger partial charge in [0.05, 0.1) is 0 Å². The molecular weight excluding hydrogens is 234 g/mol. The number of halogens is 2. The molecule has 1 aromatic rings. The summed E-state index contributed by atoms with van der Waals surface area (Å²) in [5.41, 5.74) is 6.52. The summed E-state index contributed by atoms with van der Waals surface area (Å²) in [5.74, 6) is -1.12. The van der Waals surface area contributed by atoms with Gasteiger partial charge in [-0.1, -0.05) is 6.42 Å². The van der Waals surface area contributed by atoms with Crippen LogP contribution >= 0.6 is 0 Å². The molecule has 18 heavy (non-hydrogen) atoms. The van der Waals surface area contributed by atoms with Gasteiger partial charge in [0.25, 0.3) is 0 Å². The Kier molecular flexibility index (Phi) is 4.30. The molecule has 0 spiro atoms. The third-order valence-corrected chi connectivity index (χ3v) is 3.80. The van der Waals surface area contributed by atoms with E-state index in [1.165, 1.54) is 31.4 Å². The van der Waals surface area contributed by atoms with E-state index in [2.05, 4.69) is 11.9 Å². The molecule has 2 N–H and O–H groups in total. The highest BCUT2D eigenvalue weighted by atomic mass is 19.1. The van der Waals surface area contributed by atoms with E-state index in [4.69, 9.17) is 5.73 Å². The molecule has 2 rings (SSSR count). The average Bonchev–Trinajstić information content (AvgIpc) is 2.22. The number of hydrogen-bond acceptors (Lipinski definition) is 2. The maximum atomic E-state index is 13.1. The van der Waals surface area contributed by atoms with Crippen molar-refractivity contribution in [1.29, 1.82) is 0 Å². The summed E-state index contributed by atoms with van der Waals surface area (Å²) < 4.78 is 26.1. The van der Waals surface area contributed by atoms with Crippen LogP contribution in [-0.4, -0.2) is 24.5 Å². The molecule has 1 unspecified atom stereocenters.